The van der Waals surface area contributed by atoms with Gasteiger partial charge in [0.05, 0.1) is 6.26 Å². The molecule has 15 heavy (non-hydrogen) atoms. The van der Waals surface area contributed by atoms with E-state index in [1.54, 1.807) is 6.26 Å². The van der Waals surface area contributed by atoms with Crippen molar-refractivity contribution in [2.75, 3.05) is 6.54 Å². The lowest BCUT2D eigenvalue weighted by molar-refractivity contribution is 0.326. The molecule has 1 aliphatic carbocycles. The highest BCUT2D eigenvalue weighted by Crippen LogP contribution is 2.38. The summed E-state index contributed by atoms with van der Waals surface area (Å²) >= 11 is 0. The molecule has 1 aromatic rings. The van der Waals surface area contributed by atoms with Gasteiger partial charge in [-0.15, -0.1) is 0 Å². The molecule has 2 heteroatoms. The first-order valence-electron chi connectivity index (χ1n) is 6.07. The van der Waals surface area contributed by atoms with E-state index in [4.69, 9.17) is 4.42 Å². The fraction of sp³-hybridized carbons (Fsp3) is 0.692. The van der Waals surface area contributed by atoms with Crippen LogP contribution in [0.4, 0.5) is 0 Å². The van der Waals surface area contributed by atoms with E-state index in [0.29, 0.717) is 6.04 Å². The Morgan fingerprint density at radius 2 is 2.33 bits per heavy atom. The van der Waals surface area contributed by atoms with Crippen LogP contribution in [0, 0.1) is 11.8 Å². The van der Waals surface area contributed by atoms with Crippen LogP contribution in [0.3, 0.4) is 0 Å². The van der Waals surface area contributed by atoms with E-state index >= 15 is 0 Å². The minimum atomic E-state index is 0.577. The molecule has 0 aromatic carbocycles. The van der Waals surface area contributed by atoms with Gasteiger partial charge >= 0.3 is 0 Å². The van der Waals surface area contributed by atoms with Crippen molar-refractivity contribution in [3.05, 3.63) is 24.2 Å². The van der Waals surface area contributed by atoms with Gasteiger partial charge in [0.15, 0.2) is 0 Å². The lowest BCUT2D eigenvalue weighted by atomic mass is 9.93. The molecule has 0 bridgehead atoms. The average Bonchev–Trinajstić information content (AvgIpc) is 2.96. The number of furan rings is 1. The summed E-state index contributed by atoms with van der Waals surface area (Å²) in [6.07, 6.45) is 5.63. The summed E-state index contributed by atoms with van der Waals surface area (Å²) in [4.78, 5) is 0. The Morgan fingerprint density at radius 3 is 2.87 bits per heavy atom. The zero-order valence-electron chi connectivity index (χ0n) is 9.70. The minimum absolute atomic E-state index is 0.577. The predicted octanol–water partition coefficient (Wildman–Crippen LogP) is 2.85. The van der Waals surface area contributed by atoms with E-state index in [-0.39, 0.29) is 0 Å². The van der Waals surface area contributed by atoms with Gasteiger partial charge < -0.3 is 9.73 Å². The van der Waals surface area contributed by atoms with E-state index in [1.807, 2.05) is 6.07 Å². The van der Waals surface area contributed by atoms with Crippen molar-refractivity contribution in [1.82, 2.24) is 5.32 Å². The predicted molar refractivity (Wildman–Crippen MR) is 61.8 cm³/mol. The molecular formula is C13H21NO. The molecule has 0 aliphatic heterocycles. The molecule has 1 N–H and O–H groups in total. The minimum Gasteiger partial charge on any atom is -0.469 e. The highest BCUT2D eigenvalue weighted by Gasteiger charge is 2.33. The monoisotopic (exact) mass is 207 g/mol. The molecule has 1 aromatic heterocycles. The second-order valence-corrected chi connectivity index (χ2v) is 4.64. The van der Waals surface area contributed by atoms with Gasteiger partial charge in [0.25, 0.3) is 0 Å². The van der Waals surface area contributed by atoms with E-state index < -0.39 is 0 Å². The Morgan fingerprint density at radius 1 is 1.53 bits per heavy atom. The highest BCUT2D eigenvalue weighted by molar-refractivity contribution is 5.02. The Hall–Kier alpha value is -0.760. The molecular weight excluding hydrogens is 186 g/mol. The first-order chi connectivity index (χ1) is 7.31. The maximum atomic E-state index is 5.42. The molecule has 2 atom stereocenters. The van der Waals surface area contributed by atoms with Gasteiger partial charge in [0.1, 0.15) is 5.76 Å². The molecule has 1 saturated carbocycles. The molecule has 0 radical (unpaired) electrons. The fourth-order valence-corrected chi connectivity index (χ4v) is 2.30. The number of nitrogens with one attached hydrogen (secondary N) is 1. The lowest BCUT2D eigenvalue weighted by Crippen LogP contribution is -2.37. The van der Waals surface area contributed by atoms with E-state index in [0.717, 1.165) is 30.6 Å². The van der Waals surface area contributed by atoms with Crippen LogP contribution < -0.4 is 5.32 Å². The third-order valence-corrected chi connectivity index (χ3v) is 3.47. The van der Waals surface area contributed by atoms with Gasteiger partial charge in [0, 0.05) is 12.5 Å². The molecule has 1 heterocycles. The fourth-order valence-electron chi connectivity index (χ4n) is 2.30. The molecule has 84 valence electrons. The summed E-state index contributed by atoms with van der Waals surface area (Å²) in [6, 6.07) is 4.62. The maximum absolute atomic E-state index is 5.42. The Balaban J connectivity index is 1.92. The van der Waals surface area contributed by atoms with E-state index in [9.17, 15) is 0 Å². The third-order valence-electron chi connectivity index (χ3n) is 3.47. The molecule has 2 rings (SSSR count). The van der Waals surface area contributed by atoms with Crippen LogP contribution in [0.15, 0.2) is 22.8 Å². The summed E-state index contributed by atoms with van der Waals surface area (Å²) in [7, 11) is 0. The molecule has 1 fully saturated rings. The van der Waals surface area contributed by atoms with Crippen LogP contribution in [0.5, 0.6) is 0 Å². The topological polar surface area (TPSA) is 25.2 Å². The summed E-state index contributed by atoms with van der Waals surface area (Å²) in [5, 5.41) is 3.58. The highest BCUT2D eigenvalue weighted by atomic mass is 16.3. The number of rotatable bonds is 6. The Kier molecular flexibility index (Phi) is 3.47. The first-order valence-corrected chi connectivity index (χ1v) is 6.07. The van der Waals surface area contributed by atoms with Crippen molar-refractivity contribution in [2.45, 2.75) is 39.2 Å². The maximum Gasteiger partial charge on any atom is 0.105 e. The van der Waals surface area contributed by atoms with Crippen LogP contribution in [0.25, 0.3) is 0 Å². The molecule has 0 amide bonds. The van der Waals surface area contributed by atoms with Crippen LogP contribution >= 0.6 is 0 Å². The van der Waals surface area contributed by atoms with Crippen LogP contribution in [0.2, 0.25) is 0 Å². The van der Waals surface area contributed by atoms with Crippen molar-refractivity contribution in [2.24, 2.45) is 11.8 Å². The van der Waals surface area contributed by atoms with Gasteiger partial charge in [-0.2, -0.15) is 0 Å². The zero-order chi connectivity index (χ0) is 10.7. The van der Waals surface area contributed by atoms with Crippen molar-refractivity contribution in [1.29, 1.82) is 0 Å². The normalized spacial score (nSPS) is 20.1. The van der Waals surface area contributed by atoms with Crippen LogP contribution in [-0.2, 0) is 6.42 Å². The largest absolute Gasteiger partial charge is 0.469 e. The quantitative estimate of drug-likeness (QED) is 0.776. The summed E-state index contributed by atoms with van der Waals surface area (Å²) in [5.41, 5.74) is 0. The summed E-state index contributed by atoms with van der Waals surface area (Å²) in [6.45, 7) is 5.59. The lowest BCUT2D eigenvalue weighted by Gasteiger charge is -2.23. The van der Waals surface area contributed by atoms with Crippen molar-refractivity contribution < 1.29 is 4.42 Å². The van der Waals surface area contributed by atoms with Gasteiger partial charge in [-0.05, 0) is 43.4 Å². The molecule has 0 saturated heterocycles. The van der Waals surface area contributed by atoms with Crippen LogP contribution in [0.1, 0.15) is 32.4 Å². The average molecular weight is 207 g/mol. The van der Waals surface area contributed by atoms with Gasteiger partial charge in [-0.3, -0.25) is 0 Å². The van der Waals surface area contributed by atoms with Gasteiger partial charge in [0.2, 0.25) is 0 Å². The van der Waals surface area contributed by atoms with Crippen molar-refractivity contribution in [3.63, 3.8) is 0 Å². The van der Waals surface area contributed by atoms with Crippen molar-refractivity contribution in [3.8, 4) is 0 Å². The number of likely N-dealkylation sites (N-methyl/N-ethyl adjacent to an activating group) is 1. The molecule has 1 aliphatic rings. The standard InChI is InChI=1S/C13H21NO/c1-3-14-13(10(2)11-6-7-11)9-12-5-4-8-15-12/h4-5,8,10-11,13-14H,3,6-7,9H2,1-2H3. The molecule has 2 nitrogen and oxygen atoms in total. The summed E-state index contributed by atoms with van der Waals surface area (Å²) in [5.74, 6) is 2.83. The molecule has 0 spiro atoms. The first kappa shape index (κ1) is 10.7. The second kappa shape index (κ2) is 4.84. The SMILES string of the molecule is CCNC(Cc1ccco1)C(C)C1CC1. The number of hydrogen-bond acceptors (Lipinski definition) is 2. The van der Waals surface area contributed by atoms with Crippen molar-refractivity contribution >= 4 is 0 Å². The zero-order valence-corrected chi connectivity index (χ0v) is 9.70. The summed E-state index contributed by atoms with van der Waals surface area (Å²) < 4.78 is 5.42. The van der Waals surface area contributed by atoms with Crippen LogP contribution in [-0.4, -0.2) is 12.6 Å². The number of hydrogen-bond donors (Lipinski definition) is 1. The second-order valence-electron chi connectivity index (χ2n) is 4.64. The Labute approximate surface area is 92.1 Å². The Bertz CT molecular complexity index is 277. The van der Waals surface area contributed by atoms with Gasteiger partial charge in [-0.1, -0.05) is 13.8 Å². The smallest absolute Gasteiger partial charge is 0.105 e. The van der Waals surface area contributed by atoms with Gasteiger partial charge in [-0.25, -0.2) is 0 Å². The van der Waals surface area contributed by atoms with E-state index in [1.165, 1.54) is 12.8 Å². The van der Waals surface area contributed by atoms with E-state index in [2.05, 4.69) is 25.2 Å². The molecule has 2 unspecified atom stereocenters. The third kappa shape index (κ3) is 2.85.